The molecular formula is C16H14ClN3O2S. The third-order valence-electron chi connectivity index (χ3n) is 3.41. The Morgan fingerprint density at radius 2 is 2.22 bits per heavy atom. The first-order chi connectivity index (χ1) is 11.2. The Morgan fingerprint density at radius 3 is 2.96 bits per heavy atom. The highest BCUT2D eigenvalue weighted by molar-refractivity contribution is 7.07. The van der Waals surface area contributed by atoms with Crippen LogP contribution in [0.1, 0.15) is 22.0 Å². The van der Waals surface area contributed by atoms with Gasteiger partial charge in [0, 0.05) is 17.1 Å². The molecule has 0 radical (unpaired) electrons. The van der Waals surface area contributed by atoms with Gasteiger partial charge < -0.3 is 10.4 Å². The van der Waals surface area contributed by atoms with E-state index in [1.54, 1.807) is 6.07 Å². The quantitative estimate of drug-likeness (QED) is 0.663. The minimum Gasteiger partial charge on any atom is -0.387 e. The molecule has 1 amide bonds. The highest BCUT2D eigenvalue weighted by atomic mass is 35.5. The number of aliphatic hydroxyl groups is 1. The molecule has 0 aliphatic heterocycles. The molecule has 23 heavy (non-hydrogen) atoms. The molecule has 0 bridgehead atoms. The molecule has 118 valence electrons. The minimum atomic E-state index is -0.735. The number of thiophene rings is 1. The van der Waals surface area contributed by atoms with E-state index in [1.165, 1.54) is 17.5 Å². The predicted molar refractivity (Wildman–Crippen MR) is 90.6 cm³/mol. The van der Waals surface area contributed by atoms with Crippen molar-refractivity contribution >= 4 is 28.8 Å². The standard InChI is InChI=1S/C16H14ClN3O2S/c17-13-4-2-1-3-11(13)15-12(7-19-20-15)16(22)18-8-14(21)10-5-6-23-9-10/h1-7,9,14,21H,8H2,(H,18,22)(H,19,20)/t14-/m0/s1. The molecule has 0 saturated heterocycles. The number of hydrogen-bond donors (Lipinski definition) is 3. The van der Waals surface area contributed by atoms with Gasteiger partial charge in [-0.25, -0.2) is 0 Å². The lowest BCUT2D eigenvalue weighted by molar-refractivity contribution is 0.0917. The van der Waals surface area contributed by atoms with Crippen molar-refractivity contribution in [3.05, 3.63) is 63.4 Å². The Bertz CT molecular complexity index is 801. The van der Waals surface area contributed by atoms with E-state index in [0.717, 1.165) is 5.56 Å². The van der Waals surface area contributed by atoms with Crippen LogP contribution in [0.15, 0.2) is 47.3 Å². The number of H-pyrrole nitrogens is 1. The fraction of sp³-hybridized carbons (Fsp3) is 0.125. The Balaban J connectivity index is 1.74. The average molecular weight is 348 g/mol. The first-order valence-electron chi connectivity index (χ1n) is 6.93. The van der Waals surface area contributed by atoms with Gasteiger partial charge in [-0.15, -0.1) is 0 Å². The number of benzene rings is 1. The SMILES string of the molecule is O=C(NC[C@H](O)c1ccsc1)c1cn[nH]c1-c1ccccc1Cl. The number of nitrogens with one attached hydrogen (secondary N) is 2. The van der Waals surface area contributed by atoms with Gasteiger partial charge in [0.1, 0.15) is 0 Å². The molecule has 2 aromatic heterocycles. The van der Waals surface area contributed by atoms with Crippen LogP contribution in [0, 0.1) is 0 Å². The zero-order chi connectivity index (χ0) is 16.2. The van der Waals surface area contributed by atoms with Crippen molar-refractivity contribution in [1.82, 2.24) is 15.5 Å². The lowest BCUT2D eigenvalue weighted by Gasteiger charge is -2.11. The summed E-state index contributed by atoms with van der Waals surface area (Å²) < 4.78 is 0. The predicted octanol–water partition coefficient (Wildman–Crippen LogP) is 3.26. The van der Waals surface area contributed by atoms with Crippen molar-refractivity contribution < 1.29 is 9.90 Å². The van der Waals surface area contributed by atoms with Crippen LogP contribution in [0.3, 0.4) is 0 Å². The normalized spacial score (nSPS) is 12.1. The van der Waals surface area contributed by atoms with Crippen molar-refractivity contribution in [3.8, 4) is 11.3 Å². The fourth-order valence-electron chi connectivity index (χ4n) is 2.19. The Morgan fingerprint density at radius 1 is 1.39 bits per heavy atom. The minimum absolute atomic E-state index is 0.128. The molecule has 0 saturated carbocycles. The number of nitrogens with zero attached hydrogens (tertiary/aromatic N) is 1. The van der Waals surface area contributed by atoms with Crippen LogP contribution in [-0.4, -0.2) is 27.8 Å². The summed E-state index contributed by atoms with van der Waals surface area (Å²) in [4.78, 5) is 12.4. The first-order valence-corrected chi connectivity index (χ1v) is 8.25. The number of rotatable bonds is 5. The number of aliphatic hydroxyl groups excluding tert-OH is 1. The molecule has 1 atom stereocenters. The molecule has 5 nitrogen and oxygen atoms in total. The summed E-state index contributed by atoms with van der Waals surface area (Å²) in [5, 5.41) is 23.7. The summed E-state index contributed by atoms with van der Waals surface area (Å²) >= 11 is 7.67. The van der Waals surface area contributed by atoms with Crippen molar-refractivity contribution in [3.63, 3.8) is 0 Å². The van der Waals surface area contributed by atoms with Crippen molar-refractivity contribution in [2.45, 2.75) is 6.10 Å². The van der Waals surface area contributed by atoms with Gasteiger partial charge in [0.05, 0.1) is 23.6 Å². The van der Waals surface area contributed by atoms with Crippen LogP contribution in [0.5, 0.6) is 0 Å². The smallest absolute Gasteiger partial charge is 0.255 e. The van der Waals surface area contributed by atoms with Crippen LogP contribution in [0.4, 0.5) is 0 Å². The number of aromatic amines is 1. The second kappa shape index (κ2) is 6.95. The molecule has 3 N–H and O–H groups in total. The van der Waals surface area contributed by atoms with Crippen LogP contribution in [-0.2, 0) is 0 Å². The molecule has 0 fully saturated rings. The van der Waals surface area contributed by atoms with Gasteiger partial charge in [0.25, 0.3) is 5.91 Å². The van der Waals surface area contributed by atoms with Crippen LogP contribution in [0.25, 0.3) is 11.3 Å². The maximum absolute atomic E-state index is 12.4. The van der Waals surface area contributed by atoms with E-state index in [1.807, 2.05) is 35.0 Å². The third kappa shape index (κ3) is 3.44. The summed E-state index contributed by atoms with van der Waals surface area (Å²) in [6.45, 7) is 0.128. The van der Waals surface area contributed by atoms with Gasteiger partial charge in [0.2, 0.25) is 0 Å². The molecule has 0 aliphatic rings. The molecular weight excluding hydrogens is 334 g/mol. The van der Waals surface area contributed by atoms with E-state index in [-0.39, 0.29) is 12.5 Å². The first kappa shape index (κ1) is 15.7. The van der Waals surface area contributed by atoms with Gasteiger partial charge in [-0.2, -0.15) is 16.4 Å². The maximum Gasteiger partial charge on any atom is 0.255 e. The number of hydrogen-bond acceptors (Lipinski definition) is 4. The lowest BCUT2D eigenvalue weighted by Crippen LogP contribution is -2.28. The van der Waals surface area contributed by atoms with Gasteiger partial charge in [-0.3, -0.25) is 9.89 Å². The number of aromatic nitrogens is 2. The van der Waals surface area contributed by atoms with Crippen LogP contribution < -0.4 is 5.32 Å². The van der Waals surface area contributed by atoms with Gasteiger partial charge >= 0.3 is 0 Å². The molecule has 0 aliphatic carbocycles. The Labute approximate surface area is 141 Å². The molecule has 2 heterocycles. The second-order valence-electron chi connectivity index (χ2n) is 4.92. The van der Waals surface area contributed by atoms with Crippen molar-refractivity contribution in [2.24, 2.45) is 0 Å². The number of halogens is 1. The monoisotopic (exact) mass is 347 g/mol. The van der Waals surface area contributed by atoms with E-state index >= 15 is 0 Å². The summed E-state index contributed by atoms with van der Waals surface area (Å²) in [6.07, 6.45) is 0.714. The maximum atomic E-state index is 12.4. The lowest BCUT2D eigenvalue weighted by atomic mass is 10.1. The van der Waals surface area contributed by atoms with E-state index in [2.05, 4.69) is 15.5 Å². The zero-order valence-electron chi connectivity index (χ0n) is 12.0. The Hall–Kier alpha value is -2.15. The van der Waals surface area contributed by atoms with Gasteiger partial charge in [-0.1, -0.05) is 29.8 Å². The van der Waals surface area contributed by atoms with Crippen molar-refractivity contribution in [2.75, 3.05) is 6.54 Å². The number of carbonyl (C=O) groups is 1. The summed E-state index contributed by atoms with van der Waals surface area (Å²) in [7, 11) is 0. The number of amides is 1. The van der Waals surface area contributed by atoms with E-state index < -0.39 is 6.10 Å². The van der Waals surface area contributed by atoms with E-state index in [9.17, 15) is 9.90 Å². The second-order valence-corrected chi connectivity index (χ2v) is 6.11. The highest BCUT2D eigenvalue weighted by Crippen LogP contribution is 2.28. The summed E-state index contributed by atoms with van der Waals surface area (Å²) in [5.41, 5.74) is 2.43. The van der Waals surface area contributed by atoms with Gasteiger partial charge in [0.15, 0.2) is 0 Å². The zero-order valence-corrected chi connectivity index (χ0v) is 13.6. The molecule has 1 aromatic carbocycles. The van der Waals surface area contributed by atoms with E-state index in [0.29, 0.717) is 21.8 Å². The molecule has 0 unspecified atom stereocenters. The third-order valence-corrected chi connectivity index (χ3v) is 4.44. The van der Waals surface area contributed by atoms with Crippen LogP contribution >= 0.6 is 22.9 Å². The van der Waals surface area contributed by atoms with Gasteiger partial charge in [-0.05, 0) is 28.5 Å². The van der Waals surface area contributed by atoms with E-state index in [4.69, 9.17) is 11.6 Å². The molecule has 3 aromatic rings. The summed E-state index contributed by atoms with van der Waals surface area (Å²) in [6, 6.07) is 9.05. The van der Waals surface area contributed by atoms with Crippen molar-refractivity contribution in [1.29, 1.82) is 0 Å². The Kier molecular flexibility index (Phi) is 4.76. The fourth-order valence-corrected chi connectivity index (χ4v) is 3.13. The molecule has 0 spiro atoms. The molecule has 3 rings (SSSR count). The highest BCUT2D eigenvalue weighted by Gasteiger charge is 2.18. The topological polar surface area (TPSA) is 78.0 Å². The molecule has 7 heteroatoms. The average Bonchev–Trinajstić information content (AvgIpc) is 3.24. The van der Waals surface area contributed by atoms with Crippen LogP contribution in [0.2, 0.25) is 5.02 Å². The number of carbonyl (C=O) groups excluding carboxylic acids is 1. The largest absolute Gasteiger partial charge is 0.387 e. The summed E-state index contributed by atoms with van der Waals surface area (Å²) in [5.74, 6) is -0.317.